The fraction of sp³-hybridized carbons (Fsp3) is 0.381. The zero-order chi connectivity index (χ0) is 19.8. The summed E-state index contributed by atoms with van der Waals surface area (Å²) in [4.78, 5) is 16.7. The molecule has 0 saturated carbocycles. The van der Waals surface area contributed by atoms with Crippen molar-refractivity contribution in [3.63, 3.8) is 0 Å². The minimum atomic E-state index is -0.108. The monoisotopic (exact) mass is 403 g/mol. The number of carbonyl (C=O) groups is 1. The van der Waals surface area contributed by atoms with Crippen LogP contribution in [0.2, 0.25) is 5.02 Å². The maximum Gasteiger partial charge on any atom is 0.321 e. The van der Waals surface area contributed by atoms with Crippen LogP contribution in [0.1, 0.15) is 5.56 Å². The summed E-state index contributed by atoms with van der Waals surface area (Å²) in [6, 6.07) is 15.5. The summed E-state index contributed by atoms with van der Waals surface area (Å²) < 4.78 is 10.5. The molecule has 1 heterocycles. The summed E-state index contributed by atoms with van der Waals surface area (Å²) in [5.41, 5.74) is 1.95. The molecule has 1 aliphatic heterocycles. The quantitative estimate of drug-likeness (QED) is 0.716. The van der Waals surface area contributed by atoms with Crippen molar-refractivity contribution in [2.45, 2.75) is 6.54 Å². The molecule has 1 saturated heterocycles. The van der Waals surface area contributed by atoms with Gasteiger partial charge in [-0.1, -0.05) is 41.9 Å². The van der Waals surface area contributed by atoms with E-state index >= 15 is 0 Å². The molecule has 0 atom stereocenters. The van der Waals surface area contributed by atoms with Gasteiger partial charge in [0.2, 0.25) is 0 Å². The molecular formula is C21H26ClN3O3. The van der Waals surface area contributed by atoms with E-state index < -0.39 is 0 Å². The smallest absolute Gasteiger partial charge is 0.321 e. The fourth-order valence-electron chi connectivity index (χ4n) is 3.08. The summed E-state index contributed by atoms with van der Waals surface area (Å²) in [5.74, 6) is 0.575. The highest BCUT2D eigenvalue weighted by atomic mass is 35.5. The molecule has 1 N–H and O–H groups in total. The fourth-order valence-corrected chi connectivity index (χ4v) is 3.32. The van der Waals surface area contributed by atoms with Gasteiger partial charge in [-0.3, -0.25) is 4.90 Å². The lowest BCUT2D eigenvalue weighted by Gasteiger charge is -2.34. The van der Waals surface area contributed by atoms with Gasteiger partial charge in [-0.05, 0) is 23.8 Å². The van der Waals surface area contributed by atoms with Gasteiger partial charge in [0.25, 0.3) is 0 Å². The number of nitrogens with zero attached hydrogens (tertiary/aromatic N) is 2. The van der Waals surface area contributed by atoms with Crippen molar-refractivity contribution in [2.75, 3.05) is 51.8 Å². The Morgan fingerprint density at radius 1 is 1.07 bits per heavy atom. The summed E-state index contributed by atoms with van der Waals surface area (Å²) in [5, 5.41) is 3.38. The predicted octanol–water partition coefficient (Wildman–Crippen LogP) is 3.71. The number of carbonyl (C=O) groups excluding carboxylic acids is 1. The number of amides is 2. The number of anilines is 1. The molecule has 28 heavy (non-hydrogen) atoms. The number of nitrogens with one attached hydrogen (secondary N) is 1. The van der Waals surface area contributed by atoms with E-state index in [1.54, 1.807) is 25.3 Å². The molecule has 2 amide bonds. The van der Waals surface area contributed by atoms with E-state index in [0.717, 1.165) is 19.6 Å². The first-order valence-electron chi connectivity index (χ1n) is 9.39. The highest BCUT2D eigenvalue weighted by molar-refractivity contribution is 6.32. The Morgan fingerprint density at radius 2 is 1.82 bits per heavy atom. The van der Waals surface area contributed by atoms with Gasteiger partial charge in [-0.2, -0.15) is 0 Å². The summed E-state index contributed by atoms with van der Waals surface area (Å²) in [6.07, 6.45) is 0. The molecule has 0 aliphatic carbocycles. The summed E-state index contributed by atoms with van der Waals surface area (Å²) in [7, 11) is 1.62. The standard InChI is InChI=1S/C21H26ClN3O3/c1-27-13-14-28-20-8-7-18(15-19(20)22)23-21(26)25-11-9-24(10-12-25)16-17-5-3-2-4-6-17/h2-8,15H,9-14,16H2,1H3,(H,23,26). The Labute approximate surface area is 171 Å². The van der Waals surface area contributed by atoms with Crippen LogP contribution in [0.3, 0.4) is 0 Å². The maximum absolute atomic E-state index is 12.5. The van der Waals surface area contributed by atoms with Gasteiger partial charge in [0, 0.05) is 45.5 Å². The van der Waals surface area contributed by atoms with E-state index in [1.165, 1.54) is 5.56 Å². The van der Waals surface area contributed by atoms with E-state index in [2.05, 4.69) is 34.5 Å². The number of rotatable bonds is 7. The van der Waals surface area contributed by atoms with Crippen molar-refractivity contribution in [3.8, 4) is 5.75 Å². The second-order valence-electron chi connectivity index (χ2n) is 6.67. The molecule has 0 radical (unpaired) electrons. The van der Waals surface area contributed by atoms with Crippen LogP contribution in [0.5, 0.6) is 5.75 Å². The Kier molecular flexibility index (Phi) is 7.54. The van der Waals surface area contributed by atoms with E-state index in [9.17, 15) is 4.79 Å². The number of hydrogen-bond acceptors (Lipinski definition) is 4. The Hall–Kier alpha value is -2.28. The predicted molar refractivity (Wildman–Crippen MR) is 111 cm³/mol. The van der Waals surface area contributed by atoms with Crippen LogP contribution in [0, 0.1) is 0 Å². The third-order valence-electron chi connectivity index (χ3n) is 4.64. The van der Waals surface area contributed by atoms with Gasteiger partial charge in [0.1, 0.15) is 12.4 Å². The lowest BCUT2D eigenvalue weighted by Crippen LogP contribution is -2.49. The van der Waals surface area contributed by atoms with Crippen LogP contribution >= 0.6 is 11.6 Å². The summed E-state index contributed by atoms with van der Waals surface area (Å²) >= 11 is 6.24. The van der Waals surface area contributed by atoms with E-state index in [-0.39, 0.29) is 6.03 Å². The van der Waals surface area contributed by atoms with Crippen LogP contribution in [0.15, 0.2) is 48.5 Å². The first-order valence-corrected chi connectivity index (χ1v) is 9.77. The molecule has 1 aliphatic rings. The van der Waals surface area contributed by atoms with Crippen molar-refractivity contribution < 1.29 is 14.3 Å². The van der Waals surface area contributed by atoms with Gasteiger partial charge in [0.15, 0.2) is 0 Å². The van der Waals surface area contributed by atoms with Crippen molar-refractivity contribution in [2.24, 2.45) is 0 Å². The van der Waals surface area contributed by atoms with Gasteiger partial charge in [-0.25, -0.2) is 4.79 Å². The normalized spacial score (nSPS) is 14.7. The van der Waals surface area contributed by atoms with Crippen molar-refractivity contribution >= 4 is 23.3 Å². The van der Waals surface area contributed by atoms with Crippen LogP contribution in [-0.2, 0) is 11.3 Å². The topological polar surface area (TPSA) is 54.0 Å². The minimum absolute atomic E-state index is 0.108. The van der Waals surface area contributed by atoms with Gasteiger partial charge < -0.3 is 19.7 Å². The molecule has 150 valence electrons. The molecule has 0 unspecified atom stereocenters. The number of hydrogen-bond donors (Lipinski definition) is 1. The van der Waals surface area contributed by atoms with Crippen LogP contribution in [0.25, 0.3) is 0 Å². The number of urea groups is 1. The minimum Gasteiger partial charge on any atom is -0.490 e. The van der Waals surface area contributed by atoms with E-state index in [1.807, 2.05) is 11.0 Å². The Balaban J connectivity index is 1.47. The zero-order valence-corrected chi connectivity index (χ0v) is 16.8. The first kappa shape index (κ1) is 20.5. The summed E-state index contributed by atoms with van der Waals surface area (Å²) in [6.45, 7) is 4.94. The third-order valence-corrected chi connectivity index (χ3v) is 4.93. The number of halogens is 1. The zero-order valence-electron chi connectivity index (χ0n) is 16.1. The number of piperazine rings is 1. The second kappa shape index (κ2) is 10.3. The van der Waals surface area contributed by atoms with Crippen LogP contribution in [-0.4, -0.2) is 62.3 Å². The van der Waals surface area contributed by atoms with Crippen LogP contribution in [0.4, 0.5) is 10.5 Å². The molecule has 6 nitrogen and oxygen atoms in total. The lowest BCUT2D eigenvalue weighted by atomic mass is 10.2. The van der Waals surface area contributed by atoms with Crippen LogP contribution < -0.4 is 10.1 Å². The molecule has 2 aromatic rings. The van der Waals surface area contributed by atoms with Gasteiger partial charge >= 0.3 is 6.03 Å². The van der Waals surface area contributed by atoms with E-state index in [4.69, 9.17) is 21.1 Å². The molecule has 0 spiro atoms. The molecule has 2 aromatic carbocycles. The second-order valence-corrected chi connectivity index (χ2v) is 7.07. The average molecular weight is 404 g/mol. The molecule has 1 fully saturated rings. The number of ether oxygens (including phenoxy) is 2. The van der Waals surface area contributed by atoms with Crippen molar-refractivity contribution in [3.05, 3.63) is 59.1 Å². The molecule has 0 aromatic heterocycles. The average Bonchev–Trinajstić information content (AvgIpc) is 2.71. The molecule has 7 heteroatoms. The van der Waals surface area contributed by atoms with Crippen molar-refractivity contribution in [1.29, 1.82) is 0 Å². The molecular weight excluding hydrogens is 378 g/mol. The number of benzene rings is 2. The highest BCUT2D eigenvalue weighted by Crippen LogP contribution is 2.27. The SMILES string of the molecule is COCCOc1ccc(NC(=O)N2CCN(Cc3ccccc3)CC2)cc1Cl. The Morgan fingerprint density at radius 3 is 2.50 bits per heavy atom. The first-order chi connectivity index (χ1) is 13.7. The van der Waals surface area contributed by atoms with Gasteiger partial charge in [0.05, 0.1) is 11.6 Å². The largest absolute Gasteiger partial charge is 0.490 e. The molecule has 3 rings (SSSR count). The van der Waals surface area contributed by atoms with E-state index in [0.29, 0.717) is 42.8 Å². The lowest BCUT2D eigenvalue weighted by molar-refractivity contribution is 0.143. The highest BCUT2D eigenvalue weighted by Gasteiger charge is 2.21. The van der Waals surface area contributed by atoms with Crippen molar-refractivity contribution in [1.82, 2.24) is 9.80 Å². The molecule has 0 bridgehead atoms. The van der Waals surface area contributed by atoms with Gasteiger partial charge in [-0.15, -0.1) is 0 Å². The maximum atomic E-state index is 12.5. The number of methoxy groups -OCH3 is 1. The third kappa shape index (κ3) is 5.86. The Bertz CT molecular complexity index is 765.